The second-order valence-corrected chi connectivity index (χ2v) is 4.56. The Balaban J connectivity index is 2.85. The number of nitrogens with two attached hydrogens (primary N) is 1. The highest BCUT2D eigenvalue weighted by atomic mass is 35.5. The Bertz CT molecular complexity index is 404. The molecule has 0 bridgehead atoms. The van der Waals surface area contributed by atoms with Gasteiger partial charge in [-0.1, -0.05) is 11.6 Å². The topological polar surface area (TPSA) is 47.7 Å². The van der Waals surface area contributed by atoms with Crippen molar-refractivity contribution in [2.75, 3.05) is 51.2 Å². The summed E-state index contributed by atoms with van der Waals surface area (Å²) in [5.41, 5.74) is 6.95. The van der Waals surface area contributed by atoms with Crippen LogP contribution in [0.25, 0.3) is 0 Å². The molecule has 0 aliphatic carbocycles. The standard InChI is InChI=1S/C13H20ClFN2O2/c1-18-6-3-4-17(5-7-19-2)13-8-10(14)11(15)9-12(13)16/h8-9H,3-7,16H2,1-2H3. The van der Waals surface area contributed by atoms with Crippen LogP contribution >= 0.6 is 11.6 Å². The lowest BCUT2D eigenvalue weighted by Gasteiger charge is -2.26. The third-order valence-corrected chi connectivity index (χ3v) is 3.04. The lowest BCUT2D eigenvalue weighted by atomic mass is 10.2. The van der Waals surface area contributed by atoms with Crippen LogP contribution in [0.5, 0.6) is 0 Å². The van der Waals surface area contributed by atoms with Crippen LogP contribution < -0.4 is 10.6 Å². The molecule has 0 atom stereocenters. The maximum atomic E-state index is 13.3. The van der Waals surface area contributed by atoms with Crippen LogP contribution in [0.4, 0.5) is 15.8 Å². The molecule has 0 saturated heterocycles. The molecule has 0 amide bonds. The Labute approximate surface area is 118 Å². The van der Waals surface area contributed by atoms with Gasteiger partial charge in [0.2, 0.25) is 0 Å². The molecule has 108 valence electrons. The van der Waals surface area contributed by atoms with Gasteiger partial charge in [-0.3, -0.25) is 0 Å². The summed E-state index contributed by atoms with van der Waals surface area (Å²) in [6.45, 7) is 2.61. The summed E-state index contributed by atoms with van der Waals surface area (Å²) < 4.78 is 23.4. The first-order valence-corrected chi connectivity index (χ1v) is 6.45. The van der Waals surface area contributed by atoms with E-state index in [0.717, 1.165) is 18.7 Å². The van der Waals surface area contributed by atoms with E-state index in [-0.39, 0.29) is 5.02 Å². The van der Waals surface area contributed by atoms with Crippen molar-refractivity contribution in [3.8, 4) is 0 Å². The normalized spacial score (nSPS) is 10.7. The highest BCUT2D eigenvalue weighted by Gasteiger charge is 2.13. The number of rotatable bonds is 8. The van der Waals surface area contributed by atoms with Crippen LogP contribution in [0.3, 0.4) is 0 Å². The average Bonchev–Trinajstić information content (AvgIpc) is 2.38. The van der Waals surface area contributed by atoms with Crippen LogP contribution in [0.15, 0.2) is 12.1 Å². The molecule has 0 aliphatic heterocycles. The molecule has 0 spiro atoms. The molecule has 2 N–H and O–H groups in total. The van der Waals surface area contributed by atoms with Crippen LogP contribution in [-0.4, -0.2) is 40.5 Å². The predicted octanol–water partition coefficient (Wildman–Crippen LogP) is 2.55. The number of benzene rings is 1. The van der Waals surface area contributed by atoms with Crippen molar-refractivity contribution >= 4 is 23.0 Å². The molecule has 4 nitrogen and oxygen atoms in total. The van der Waals surface area contributed by atoms with E-state index in [2.05, 4.69) is 0 Å². The minimum atomic E-state index is -0.508. The van der Waals surface area contributed by atoms with Gasteiger partial charge in [0, 0.05) is 40.0 Å². The fourth-order valence-electron chi connectivity index (χ4n) is 1.78. The van der Waals surface area contributed by atoms with Gasteiger partial charge in [-0.2, -0.15) is 0 Å². The molecule has 0 aliphatic rings. The largest absolute Gasteiger partial charge is 0.397 e. The van der Waals surface area contributed by atoms with Crippen molar-refractivity contribution in [1.82, 2.24) is 0 Å². The zero-order valence-electron chi connectivity index (χ0n) is 11.3. The molecule has 0 aromatic heterocycles. The minimum Gasteiger partial charge on any atom is -0.397 e. The van der Waals surface area contributed by atoms with Gasteiger partial charge in [-0.05, 0) is 12.5 Å². The SMILES string of the molecule is COCCCN(CCOC)c1cc(Cl)c(F)cc1N. The van der Waals surface area contributed by atoms with Gasteiger partial charge in [0.1, 0.15) is 5.82 Å². The van der Waals surface area contributed by atoms with E-state index in [9.17, 15) is 4.39 Å². The summed E-state index contributed by atoms with van der Waals surface area (Å²) in [5, 5.41) is 0.0679. The Morgan fingerprint density at radius 2 is 1.89 bits per heavy atom. The average molecular weight is 291 g/mol. The molecule has 0 fully saturated rings. The number of ether oxygens (including phenoxy) is 2. The first-order valence-electron chi connectivity index (χ1n) is 6.07. The Hall–Kier alpha value is -1.04. The number of anilines is 2. The van der Waals surface area contributed by atoms with E-state index in [1.165, 1.54) is 6.07 Å². The molecular formula is C13H20ClFN2O2. The summed E-state index contributed by atoms with van der Waals surface area (Å²) in [7, 11) is 3.29. The van der Waals surface area contributed by atoms with Gasteiger partial charge in [-0.25, -0.2) is 4.39 Å². The summed E-state index contributed by atoms with van der Waals surface area (Å²) in [4.78, 5) is 2.02. The quantitative estimate of drug-likeness (QED) is 0.590. The summed E-state index contributed by atoms with van der Waals surface area (Å²) in [5.74, 6) is -0.508. The van der Waals surface area contributed by atoms with E-state index in [4.69, 9.17) is 26.8 Å². The van der Waals surface area contributed by atoms with Crippen LogP contribution in [0.2, 0.25) is 5.02 Å². The molecule has 0 unspecified atom stereocenters. The zero-order chi connectivity index (χ0) is 14.3. The molecule has 0 saturated carbocycles. The number of halogens is 2. The van der Waals surface area contributed by atoms with Gasteiger partial charge in [-0.15, -0.1) is 0 Å². The van der Waals surface area contributed by atoms with Crippen molar-refractivity contribution in [2.45, 2.75) is 6.42 Å². The first kappa shape index (κ1) is 16.0. The Kier molecular flexibility index (Phi) is 6.91. The molecule has 1 aromatic rings. The Morgan fingerprint density at radius 3 is 2.53 bits per heavy atom. The van der Waals surface area contributed by atoms with Gasteiger partial charge in [0.25, 0.3) is 0 Å². The molecule has 1 aromatic carbocycles. The smallest absolute Gasteiger partial charge is 0.143 e. The van der Waals surface area contributed by atoms with Crippen molar-refractivity contribution < 1.29 is 13.9 Å². The number of methoxy groups -OCH3 is 2. The second-order valence-electron chi connectivity index (χ2n) is 4.15. The summed E-state index contributed by atoms with van der Waals surface area (Å²) in [6, 6.07) is 2.79. The Morgan fingerprint density at radius 1 is 1.21 bits per heavy atom. The fraction of sp³-hybridized carbons (Fsp3) is 0.538. The number of nitrogen functional groups attached to an aromatic ring is 1. The van der Waals surface area contributed by atoms with Crippen molar-refractivity contribution in [3.63, 3.8) is 0 Å². The van der Waals surface area contributed by atoms with Crippen molar-refractivity contribution in [1.29, 1.82) is 0 Å². The van der Waals surface area contributed by atoms with E-state index in [1.54, 1.807) is 20.3 Å². The van der Waals surface area contributed by atoms with Crippen LogP contribution in [0, 0.1) is 5.82 Å². The molecular weight excluding hydrogens is 271 g/mol. The van der Waals surface area contributed by atoms with E-state index in [1.807, 2.05) is 4.90 Å². The molecule has 0 radical (unpaired) electrons. The van der Waals surface area contributed by atoms with Crippen LogP contribution in [-0.2, 0) is 9.47 Å². The lowest BCUT2D eigenvalue weighted by Crippen LogP contribution is -2.29. The van der Waals surface area contributed by atoms with E-state index >= 15 is 0 Å². The van der Waals surface area contributed by atoms with Gasteiger partial charge in [0.05, 0.1) is 23.0 Å². The maximum Gasteiger partial charge on any atom is 0.143 e. The zero-order valence-corrected chi connectivity index (χ0v) is 12.0. The summed E-state index contributed by atoms with van der Waals surface area (Å²) >= 11 is 5.81. The maximum absolute atomic E-state index is 13.3. The predicted molar refractivity (Wildman–Crippen MR) is 76.4 cm³/mol. The molecule has 0 heterocycles. The van der Waals surface area contributed by atoms with Gasteiger partial charge >= 0.3 is 0 Å². The highest BCUT2D eigenvalue weighted by Crippen LogP contribution is 2.29. The number of nitrogens with zero attached hydrogens (tertiary/aromatic N) is 1. The third-order valence-electron chi connectivity index (χ3n) is 2.75. The number of hydrogen-bond acceptors (Lipinski definition) is 4. The van der Waals surface area contributed by atoms with Crippen molar-refractivity contribution in [3.05, 3.63) is 23.0 Å². The highest BCUT2D eigenvalue weighted by molar-refractivity contribution is 6.31. The van der Waals surface area contributed by atoms with E-state index < -0.39 is 5.82 Å². The van der Waals surface area contributed by atoms with Gasteiger partial charge < -0.3 is 20.1 Å². The van der Waals surface area contributed by atoms with Crippen LogP contribution in [0.1, 0.15) is 6.42 Å². The fourth-order valence-corrected chi connectivity index (χ4v) is 1.94. The van der Waals surface area contributed by atoms with Gasteiger partial charge in [0.15, 0.2) is 0 Å². The third kappa shape index (κ3) is 4.86. The van der Waals surface area contributed by atoms with Crippen molar-refractivity contribution in [2.24, 2.45) is 0 Å². The lowest BCUT2D eigenvalue weighted by molar-refractivity contribution is 0.191. The summed E-state index contributed by atoms with van der Waals surface area (Å²) in [6.07, 6.45) is 0.842. The molecule has 6 heteroatoms. The second kappa shape index (κ2) is 8.19. The van der Waals surface area contributed by atoms with E-state index in [0.29, 0.717) is 25.4 Å². The molecule has 1 rings (SSSR count). The molecule has 19 heavy (non-hydrogen) atoms. The first-order chi connectivity index (χ1) is 9.10. The number of hydrogen-bond donors (Lipinski definition) is 1. The monoisotopic (exact) mass is 290 g/mol. The minimum absolute atomic E-state index is 0.0679.